The first-order valence-corrected chi connectivity index (χ1v) is 8.38. The van der Waals surface area contributed by atoms with Crippen molar-refractivity contribution in [2.75, 3.05) is 0 Å². The van der Waals surface area contributed by atoms with E-state index in [9.17, 15) is 4.79 Å². The number of thiophene rings is 1. The van der Waals surface area contributed by atoms with Gasteiger partial charge in [-0.2, -0.15) is 0 Å². The summed E-state index contributed by atoms with van der Waals surface area (Å²) in [6, 6.07) is 3.77. The van der Waals surface area contributed by atoms with Crippen molar-refractivity contribution in [3.63, 3.8) is 0 Å². The number of hydrogen-bond acceptors (Lipinski definition) is 6. The first-order valence-electron chi connectivity index (χ1n) is 5.81. The molecular formula is C13H10N2O2S3. The molecule has 0 aliphatic carbocycles. The lowest BCUT2D eigenvalue weighted by atomic mass is 10.3. The van der Waals surface area contributed by atoms with Crippen LogP contribution in [0.1, 0.15) is 10.6 Å². The van der Waals surface area contributed by atoms with Gasteiger partial charge in [-0.3, -0.25) is 4.79 Å². The molecule has 1 N–H and O–H groups in total. The van der Waals surface area contributed by atoms with E-state index in [1.54, 1.807) is 22.7 Å². The number of nitrogens with zero attached hydrogens (tertiary/aromatic N) is 2. The van der Waals surface area contributed by atoms with Crippen LogP contribution in [0.25, 0.3) is 20.6 Å². The lowest BCUT2D eigenvalue weighted by Gasteiger charge is -1.90. The zero-order valence-corrected chi connectivity index (χ0v) is 12.9. The average molecular weight is 322 g/mol. The Morgan fingerprint density at radius 3 is 2.65 bits per heavy atom. The molecule has 3 aromatic rings. The molecule has 0 unspecified atom stereocenters. The lowest BCUT2D eigenvalue weighted by Crippen LogP contribution is -1.96. The molecule has 0 atom stereocenters. The summed E-state index contributed by atoms with van der Waals surface area (Å²) in [6.45, 7) is 1.96. The van der Waals surface area contributed by atoms with E-state index < -0.39 is 5.97 Å². The second-order valence-corrected chi connectivity index (χ2v) is 7.05. The van der Waals surface area contributed by atoms with Gasteiger partial charge in [0.25, 0.3) is 0 Å². The number of carboxylic acids is 1. The minimum absolute atomic E-state index is 0.0628. The van der Waals surface area contributed by atoms with E-state index in [0.717, 1.165) is 31.2 Å². The summed E-state index contributed by atoms with van der Waals surface area (Å²) in [5, 5.41) is 14.6. The van der Waals surface area contributed by atoms with Crippen LogP contribution < -0.4 is 0 Å². The van der Waals surface area contributed by atoms with Gasteiger partial charge in [0.2, 0.25) is 0 Å². The van der Waals surface area contributed by atoms with Gasteiger partial charge < -0.3 is 5.11 Å². The number of hydrogen-bond donors (Lipinski definition) is 1. The second kappa shape index (κ2) is 5.43. The van der Waals surface area contributed by atoms with Gasteiger partial charge in [0.1, 0.15) is 0 Å². The molecule has 3 aromatic heterocycles. The number of aliphatic carboxylic acids is 1. The van der Waals surface area contributed by atoms with E-state index in [4.69, 9.17) is 5.11 Å². The quantitative estimate of drug-likeness (QED) is 0.790. The van der Waals surface area contributed by atoms with Crippen molar-refractivity contribution in [3.05, 3.63) is 33.5 Å². The summed E-state index contributed by atoms with van der Waals surface area (Å²) >= 11 is 4.62. The molecule has 102 valence electrons. The average Bonchev–Trinajstić information content (AvgIpc) is 3.06. The predicted molar refractivity (Wildman–Crippen MR) is 82.6 cm³/mol. The van der Waals surface area contributed by atoms with Crippen molar-refractivity contribution in [1.82, 2.24) is 9.97 Å². The zero-order valence-electron chi connectivity index (χ0n) is 10.5. The lowest BCUT2D eigenvalue weighted by molar-refractivity contribution is -0.136. The first kappa shape index (κ1) is 13.4. The predicted octanol–water partition coefficient (Wildman–Crippen LogP) is 3.93. The maximum Gasteiger partial charge on any atom is 0.308 e. The number of carboxylic acid groups (broad SMARTS) is 1. The monoisotopic (exact) mass is 322 g/mol. The van der Waals surface area contributed by atoms with Gasteiger partial charge in [-0.1, -0.05) is 0 Å². The van der Waals surface area contributed by atoms with E-state index in [1.807, 2.05) is 29.8 Å². The molecule has 7 heteroatoms. The van der Waals surface area contributed by atoms with Crippen molar-refractivity contribution in [2.24, 2.45) is 0 Å². The van der Waals surface area contributed by atoms with Crippen LogP contribution in [0, 0.1) is 6.92 Å². The number of aromatic nitrogens is 2. The van der Waals surface area contributed by atoms with E-state index in [0.29, 0.717) is 0 Å². The fourth-order valence-electron chi connectivity index (χ4n) is 1.70. The van der Waals surface area contributed by atoms with Crippen molar-refractivity contribution < 1.29 is 9.90 Å². The summed E-state index contributed by atoms with van der Waals surface area (Å²) in [5.74, 6) is -0.810. The summed E-state index contributed by atoms with van der Waals surface area (Å²) in [6.07, 6.45) is 0.0628. The maximum absolute atomic E-state index is 10.7. The van der Waals surface area contributed by atoms with Crippen LogP contribution in [-0.4, -0.2) is 21.0 Å². The standard InChI is InChI=1S/C13H10N2O2S3/c1-7-5-18-12(14-7)13-15-9(6-19-13)10-3-2-8(20-10)4-11(16)17/h2-3,5-6H,4H2,1H3,(H,16,17). The molecule has 0 aliphatic rings. The van der Waals surface area contributed by atoms with Crippen LogP contribution in [0.5, 0.6) is 0 Å². The van der Waals surface area contributed by atoms with Crippen LogP contribution in [0.4, 0.5) is 0 Å². The van der Waals surface area contributed by atoms with Gasteiger partial charge in [-0.25, -0.2) is 9.97 Å². The summed E-state index contributed by atoms with van der Waals surface area (Å²) in [5.41, 5.74) is 1.89. The number of aryl methyl sites for hydroxylation is 1. The Balaban J connectivity index is 1.86. The fraction of sp³-hybridized carbons (Fsp3) is 0.154. The highest BCUT2D eigenvalue weighted by molar-refractivity contribution is 7.20. The van der Waals surface area contributed by atoms with E-state index in [2.05, 4.69) is 9.97 Å². The Hall–Kier alpha value is -1.57. The van der Waals surface area contributed by atoms with Crippen LogP contribution >= 0.6 is 34.0 Å². The second-order valence-electron chi connectivity index (χ2n) is 4.17. The molecule has 3 rings (SSSR count). The van der Waals surface area contributed by atoms with Crippen molar-refractivity contribution >= 4 is 40.0 Å². The topological polar surface area (TPSA) is 63.1 Å². The largest absolute Gasteiger partial charge is 0.481 e. The van der Waals surface area contributed by atoms with E-state index in [1.165, 1.54) is 11.3 Å². The number of carbonyl (C=O) groups is 1. The summed E-state index contributed by atoms with van der Waals surface area (Å²) < 4.78 is 0. The molecule has 0 saturated carbocycles. The normalized spacial score (nSPS) is 10.8. The van der Waals surface area contributed by atoms with Crippen LogP contribution in [0.15, 0.2) is 22.9 Å². The van der Waals surface area contributed by atoms with Gasteiger partial charge in [-0.15, -0.1) is 34.0 Å². The Morgan fingerprint density at radius 2 is 1.95 bits per heavy atom. The van der Waals surface area contributed by atoms with Crippen LogP contribution in [0.2, 0.25) is 0 Å². The van der Waals surface area contributed by atoms with E-state index >= 15 is 0 Å². The highest BCUT2D eigenvalue weighted by Gasteiger charge is 2.12. The minimum atomic E-state index is -0.810. The summed E-state index contributed by atoms with van der Waals surface area (Å²) in [7, 11) is 0. The molecule has 0 fully saturated rings. The molecule has 0 aromatic carbocycles. The van der Waals surface area contributed by atoms with Gasteiger partial charge in [0.15, 0.2) is 10.0 Å². The molecule has 0 bridgehead atoms. The van der Waals surface area contributed by atoms with Crippen molar-refractivity contribution in [3.8, 4) is 20.6 Å². The Labute approximate surface area is 127 Å². The zero-order chi connectivity index (χ0) is 14.1. The molecular weight excluding hydrogens is 312 g/mol. The van der Waals surface area contributed by atoms with Gasteiger partial charge >= 0.3 is 5.97 Å². The number of rotatable bonds is 4. The number of thiazole rings is 2. The fourth-order valence-corrected chi connectivity index (χ4v) is 4.40. The van der Waals surface area contributed by atoms with Crippen molar-refractivity contribution in [1.29, 1.82) is 0 Å². The van der Waals surface area contributed by atoms with Gasteiger partial charge in [0, 0.05) is 21.3 Å². The molecule has 0 saturated heterocycles. The summed E-state index contributed by atoms with van der Waals surface area (Å²) in [4.78, 5) is 21.5. The molecule has 0 amide bonds. The Morgan fingerprint density at radius 1 is 1.20 bits per heavy atom. The third kappa shape index (κ3) is 2.79. The molecule has 20 heavy (non-hydrogen) atoms. The third-order valence-corrected chi connectivity index (χ3v) is 5.60. The Bertz CT molecular complexity index is 757. The molecule has 0 radical (unpaired) electrons. The molecule has 0 aliphatic heterocycles. The molecule has 3 heterocycles. The smallest absolute Gasteiger partial charge is 0.308 e. The maximum atomic E-state index is 10.7. The first-order chi connectivity index (χ1) is 9.61. The molecule has 0 spiro atoms. The Kier molecular flexibility index (Phi) is 3.64. The molecule has 4 nitrogen and oxygen atoms in total. The van der Waals surface area contributed by atoms with Crippen LogP contribution in [0.3, 0.4) is 0 Å². The van der Waals surface area contributed by atoms with Gasteiger partial charge in [-0.05, 0) is 19.1 Å². The van der Waals surface area contributed by atoms with E-state index in [-0.39, 0.29) is 6.42 Å². The highest BCUT2D eigenvalue weighted by atomic mass is 32.1. The highest BCUT2D eigenvalue weighted by Crippen LogP contribution is 2.33. The SMILES string of the molecule is Cc1csc(-c2nc(-c3ccc(CC(=O)O)s3)cs2)n1. The third-order valence-electron chi connectivity index (χ3n) is 2.55. The van der Waals surface area contributed by atoms with Crippen molar-refractivity contribution in [2.45, 2.75) is 13.3 Å². The van der Waals surface area contributed by atoms with Crippen LogP contribution in [-0.2, 0) is 11.2 Å². The minimum Gasteiger partial charge on any atom is -0.481 e. The van der Waals surface area contributed by atoms with Gasteiger partial charge in [0.05, 0.1) is 17.0 Å².